The van der Waals surface area contributed by atoms with Crippen molar-refractivity contribution in [2.24, 2.45) is 0 Å². The van der Waals surface area contributed by atoms with Crippen LogP contribution in [0.3, 0.4) is 0 Å². The van der Waals surface area contributed by atoms with Crippen molar-refractivity contribution in [2.45, 2.75) is 19.3 Å². The topological polar surface area (TPSA) is 34.1 Å². The molecule has 0 aromatic heterocycles. The molecular weight excluding hydrogens is 272 g/mol. The van der Waals surface area contributed by atoms with E-state index in [0.29, 0.717) is 11.1 Å². The molecular formula is C17H15ClO2. The van der Waals surface area contributed by atoms with Crippen LogP contribution < -0.4 is 0 Å². The summed E-state index contributed by atoms with van der Waals surface area (Å²) in [5.41, 5.74) is 1.28. The van der Waals surface area contributed by atoms with Gasteiger partial charge < -0.3 is 0 Å². The SMILES string of the molecule is CC(C)(C(=O)Cl)c1ccc(C(=O)c2ccccc2)cc1. The predicted octanol–water partition coefficient (Wildman–Crippen LogP) is 3.96. The lowest BCUT2D eigenvalue weighted by Crippen LogP contribution is -2.24. The molecule has 0 fully saturated rings. The molecule has 2 rings (SSSR count). The number of hydrogen-bond donors (Lipinski definition) is 0. The summed E-state index contributed by atoms with van der Waals surface area (Å²) in [5.74, 6) is -0.0350. The van der Waals surface area contributed by atoms with Gasteiger partial charge in [-0.2, -0.15) is 0 Å². The first-order valence-corrected chi connectivity index (χ1v) is 6.71. The van der Waals surface area contributed by atoms with Crippen LogP contribution >= 0.6 is 11.6 Å². The number of halogens is 1. The summed E-state index contributed by atoms with van der Waals surface area (Å²) < 4.78 is 0. The van der Waals surface area contributed by atoms with Crippen molar-refractivity contribution < 1.29 is 9.59 Å². The molecule has 2 aromatic carbocycles. The number of rotatable bonds is 4. The van der Waals surface area contributed by atoms with E-state index in [0.717, 1.165) is 5.56 Å². The second-order valence-corrected chi connectivity index (χ2v) is 5.51. The first-order valence-electron chi connectivity index (χ1n) is 6.33. The van der Waals surface area contributed by atoms with Gasteiger partial charge in [0.1, 0.15) is 0 Å². The van der Waals surface area contributed by atoms with Gasteiger partial charge in [0, 0.05) is 11.1 Å². The molecule has 0 spiro atoms. The maximum Gasteiger partial charge on any atom is 0.231 e. The lowest BCUT2D eigenvalue weighted by atomic mass is 9.85. The summed E-state index contributed by atoms with van der Waals surface area (Å²) in [6.07, 6.45) is 0. The number of ketones is 1. The molecule has 0 aliphatic carbocycles. The largest absolute Gasteiger partial charge is 0.289 e. The third-order valence-corrected chi connectivity index (χ3v) is 3.87. The predicted molar refractivity (Wildman–Crippen MR) is 80.2 cm³/mol. The van der Waals surface area contributed by atoms with Crippen LogP contribution in [0.1, 0.15) is 35.3 Å². The van der Waals surface area contributed by atoms with Crippen molar-refractivity contribution in [1.29, 1.82) is 0 Å². The lowest BCUT2D eigenvalue weighted by Gasteiger charge is -2.20. The summed E-state index contributed by atoms with van der Waals surface area (Å²) in [6.45, 7) is 3.52. The van der Waals surface area contributed by atoms with Crippen LogP contribution in [0.15, 0.2) is 54.6 Å². The molecule has 0 saturated carbocycles. The molecule has 0 bridgehead atoms. The third-order valence-electron chi connectivity index (χ3n) is 3.40. The van der Waals surface area contributed by atoms with E-state index < -0.39 is 10.7 Å². The van der Waals surface area contributed by atoms with Crippen LogP contribution in [0.4, 0.5) is 0 Å². The minimum atomic E-state index is -0.754. The summed E-state index contributed by atoms with van der Waals surface area (Å²) in [7, 11) is 0. The van der Waals surface area contributed by atoms with E-state index in [-0.39, 0.29) is 5.78 Å². The fourth-order valence-electron chi connectivity index (χ4n) is 1.91. The smallest absolute Gasteiger partial charge is 0.231 e. The van der Waals surface area contributed by atoms with Crippen molar-refractivity contribution in [2.75, 3.05) is 0 Å². The Hall–Kier alpha value is -1.93. The van der Waals surface area contributed by atoms with Crippen LogP contribution in [0.25, 0.3) is 0 Å². The first-order chi connectivity index (χ1) is 9.43. The fraction of sp³-hybridized carbons (Fsp3) is 0.176. The maximum atomic E-state index is 12.2. The van der Waals surface area contributed by atoms with E-state index in [2.05, 4.69) is 0 Å². The van der Waals surface area contributed by atoms with E-state index in [1.807, 2.05) is 18.2 Å². The van der Waals surface area contributed by atoms with Crippen LogP contribution in [0.5, 0.6) is 0 Å². The molecule has 0 atom stereocenters. The average molecular weight is 287 g/mol. The Bertz CT molecular complexity index is 628. The molecule has 102 valence electrons. The normalized spacial score (nSPS) is 11.2. The summed E-state index contributed by atoms with van der Waals surface area (Å²) in [5, 5.41) is -0.417. The van der Waals surface area contributed by atoms with Gasteiger partial charge in [0.2, 0.25) is 5.24 Å². The highest BCUT2D eigenvalue weighted by molar-refractivity contribution is 6.65. The van der Waals surface area contributed by atoms with Crippen molar-refractivity contribution >= 4 is 22.6 Å². The second kappa shape index (κ2) is 5.59. The van der Waals surface area contributed by atoms with Gasteiger partial charge in [-0.25, -0.2) is 0 Å². The molecule has 0 aliphatic rings. The summed E-state index contributed by atoms with van der Waals surface area (Å²) >= 11 is 5.60. The van der Waals surface area contributed by atoms with Gasteiger partial charge >= 0.3 is 0 Å². The minimum absolute atomic E-state index is 0.0350. The standard InChI is InChI=1S/C17H15ClO2/c1-17(2,16(18)20)14-10-8-13(9-11-14)15(19)12-6-4-3-5-7-12/h3-11H,1-2H3. The number of carbonyl (C=O) groups is 2. The highest BCUT2D eigenvalue weighted by Crippen LogP contribution is 2.26. The summed E-state index contributed by atoms with van der Waals surface area (Å²) in [4.78, 5) is 23.7. The highest BCUT2D eigenvalue weighted by atomic mass is 35.5. The van der Waals surface area contributed by atoms with Gasteiger partial charge in [-0.1, -0.05) is 54.6 Å². The van der Waals surface area contributed by atoms with Crippen molar-refractivity contribution in [3.05, 3.63) is 71.3 Å². The number of hydrogen-bond acceptors (Lipinski definition) is 2. The van der Waals surface area contributed by atoms with Gasteiger partial charge in [-0.15, -0.1) is 0 Å². The molecule has 0 amide bonds. The van der Waals surface area contributed by atoms with E-state index in [9.17, 15) is 9.59 Å². The Morgan fingerprint density at radius 3 is 1.85 bits per heavy atom. The number of benzene rings is 2. The average Bonchev–Trinajstić information content (AvgIpc) is 2.47. The molecule has 2 nitrogen and oxygen atoms in total. The van der Waals surface area contributed by atoms with Gasteiger partial charge in [0.05, 0.1) is 5.41 Å². The molecule has 2 aromatic rings. The minimum Gasteiger partial charge on any atom is -0.289 e. The molecule has 20 heavy (non-hydrogen) atoms. The Morgan fingerprint density at radius 2 is 1.35 bits per heavy atom. The lowest BCUT2D eigenvalue weighted by molar-refractivity contribution is -0.115. The molecule has 0 radical (unpaired) electrons. The quantitative estimate of drug-likeness (QED) is 0.630. The van der Waals surface area contributed by atoms with Gasteiger partial charge in [-0.3, -0.25) is 9.59 Å². The van der Waals surface area contributed by atoms with E-state index in [1.165, 1.54) is 0 Å². The molecule has 0 unspecified atom stereocenters. The van der Waals surface area contributed by atoms with E-state index >= 15 is 0 Å². The highest BCUT2D eigenvalue weighted by Gasteiger charge is 2.28. The second-order valence-electron chi connectivity index (χ2n) is 5.17. The first kappa shape index (κ1) is 14.5. The molecule has 0 N–H and O–H groups in total. The zero-order valence-electron chi connectivity index (χ0n) is 11.4. The van der Waals surface area contributed by atoms with Crippen LogP contribution in [-0.2, 0) is 10.2 Å². The third kappa shape index (κ3) is 2.81. The Labute approximate surface area is 123 Å². The Balaban J connectivity index is 2.30. The van der Waals surface area contributed by atoms with Crippen molar-refractivity contribution in [3.8, 4) is 0 Å². The zero-order chi connectivity index (χ0) is 14.8. The van der Waals surface area contributed by atoms with Crippen LogP contribution in [-0.4, -0.2) is 11.0 Å². The Morgan fingerprint density at radius 1 is 0.850 bits per heavy atom. The molecule has 0 saturated heterocycles. The van der Waals surface area contributed by atoms with Crippen LogP contribution in [0.2, 0.25) is 0 Å². The number of carbonyl (C=O) groups excluding carboxylic acids is 2. The fourth-order valence-corrected chi connectivity index (χ4v) is 2.02. The van der Waals surface area contributed by atoms with Gasteiger partial charge in [0.15, 0.2) is 5.78 Å². The Kier molecular flexibility index (Phi) is 4.05. The molecule has 0 heterocycles. The monoisotopic (exact) mass is 286 g/mol. The van der Waals surface area contributed by atoms with Crippen LogP contribution in [0, 0.1) is 0 Å². The molecule has 3 heteroatoms. The van der Waals surface area contributed by atoms with Crippen molar-refractivity contribution in [1.82, 2.24) is 0 Å². The van der Waals surface area contributed by atoms with Crippen molar-refractivity contribution in [3.63, 3.8) is 0 Å². The van der Waals surface area contributed by atoms with Gasteiger partial charge in [0.25, 0.3) is 0 Å². The molecule has 0 aliphatic heterocycles. The van der Waals surface area contributed by atoms with E-state index in [4.69, 9.17) is 11.6 Å². The van der Waals surface area contributed by atoms with E-state index in [1.54, 1.807) is 50.2 Å². The zero-order valence-corrected chi connectivity index (χ0v) is 12.1. The summed E-state index contributed by atoms with van der Waals surface area (Å²) in [6, 6.07) is 16.1. The van der Waals surface area contributed by atoms with Gasteiger partial charge in [-0.05, 0) is 31.0 Å². The maximum absolute atomic E-state index is 12.2.